The van der Waals surface area contributed by atoms with Crippen LogP contribution in [-0.2, 0) is 4.79 Å². The Balaban J connectivity index is 1.88. The summed E-state index contributed by atoms with van der Waals surface area (Å²) in [5.41, 5.74) is 1.22. The van der Waals surface area contributed by atoms with E-state index in [1.54, 1.807) is 11.3 Å². The fraction of sp³-hybridized carbons (Fsp3) is 0.667. The Morgan fingerprint density at radius 1 is 1.45 bits per heavy atom. The van der Waals surface area contributed by atoms with Gasteiger partial charge in [-0.05, 0) is 48.3 Å². The maximum Gasteiger partial charge on any atom is 0.241 e. The molecule has 0 radical (unpaired) electrons. The van der Waals surface area contributed by atoms with Crippen molar-refractivity contribution >= 4 is 17.2 Å². The Bertz CT molecular complexity index is 473. The van der Waals surface area contributed by atoms with E-state index in [2.05, 4.69) is 52.8 Å². The lowest BCUT2D eigenvalue weighted by molar-refractivity contribution is -0.132. The van der Waals surface area contributed by atoms with E-state index in [-0.39, 0.29) is 18.1 Å². The van der Waals surface area contributed by atoms with Crippen LogP contribution in [0.2, 0.25) is 0 Å². The van der Waals surface area contributed by atoms with Crippen LogP contribution in [0.4, 0.5) is 0 Å². The molecule has 1 aromatic heterocycles. The highest BCUT2D eigenvalue weighted by Gasteiger charge is 2.45. The standard InChI is InChI=1S/C15H23N3OS/c1-10(2)13-15(19)18(12-4-6-17(3)8-12)14(16-13)11-5-7-20-9-11/h5,7,9-10,12-14,16H,4,6,8H2,1-3H3. The molecule has 1 aromatic rings. The molecule has 4 nitrogen and oxygen atoms in total. The van der Waals surface area contributed by atoms with Gasteiger partial charge in [0.25, 0.3) is 0 Å². The fourth-order valence-corrected chi connectivity index (χ4v) is 3.98. The third-order valence-electron chi connectivity index (χ3n) is 4.42. The molecule has 0 aliphatic carbocycles. The van der Waals surface area contributed by atoms with Gasteiger partial charge in [-0.3, -0.25) is 10.1 Å². The van der Waals surface area contributed by atoms with Gasteiger partial charge in [0, 0.05) is 12.6 Å². The van der Waals surface area contributed by atoms with Gasteiger partial charge in [-0.25, -0.2) is 0 Å². The molecule has 1 amide bonds. The van der Waals surface area contributed by atoms with Crippen LogP contribution in [0.1, 0.15) is 32.0 Å². The Morgan fingerprint density at radius 2 is 2.25 bits per heavy atom. The summed E-state index contributed by atoms with van der Waals surface area (Å²) in [6, 6.07) is 2.42. The average Bonchev–Trinajstić information content (AvgIpc) is 3.07. The number of carbonyl (C=O) groups is 1. The molecule has 3 rings (SSSR count). The molecule has 2 saturated heterocycles. The fourth-order valence-electron chi connectivity index (χ4n) is 3.30. The first-order chi connectivity index (χ1) is 9.58. The van der Waals surface area contributed by atoms with E-state index in [1.165, 1.54) is 5.56 Å². The normalized spacial score (nSPS) is 31.7. The predicted molar refractivity (Wildman–Crippen MR) is 81.6 cm³/mol. The van der Waals surface area contributed by atoms with E-state index in [9.17, 15) is 4.79 Å². The van der Waals surface area contributed by atoms with Gasteiger partial charge in [-0.2, -0.15) is 11.3 Å². The third-order valence-corrected chi connectivity index (χ3v) is 5.12. The van der Waals surface area contributed by atoms with Crippen LogP contribution in [0, 0.1) is 5.92 Å². The molecule has 20 heavy (non-hydrogen) atoms. The van der Waals surface area contributed by atoms with Crippen molar-refractivity contribution < 1.29 is 4.79 Å². The molecule has 0 bridgehead atoms. The average molecular weight is 293 g/mol. The topological polar surface area (TPSA) is 35.6 Å². The highest BCUT2D eigenvalue weighted by atomic mass is 32.1. The summed E-state index contributed by atoms with van der Waals surface area (Å²) < 4.78 is 0. The Hall–Kier alpha value is -0.910. The van der Waals surface area contributed by atoms with Crippen molar-refractivity contribution in [2.45, 2.75) is 38.5 Å². The molecule has 3 heterocycles. The number of nitrogens with zero attached hydrogens (tertiary/aromatic N) is 2. The lowest BCUT2D eigenvalue weighted by atomic mass is 10.0. The molecule has 0 spiro atoms. The second-order valence-electron chi connectivity index (χ2n) is 6.30. The highest BCUT2D eigenvalue weighted by molar-refractivity contribution is 7.07. The van der Waals surface area contributed by atoms with Crippen LogP contribution in [-0.4, -0.2) is 47.9 Å². The Kier molecular flexibility index (Phi) is 3.84. The van der Waals surface area contributed by atoms with Crippen molar-refractivity contribution in [2.24, 2.45) is 5.92 Å². The van der Waals surface area contributed by atoms with Gasteiger partial charge in [0.05, 0.1) is 6.04 Å². The monoisotopic (exact) mass is 293 g/mol. The lowest BCUT2D eigenvalue weighted by Gasteiger charge is -2.29. The molecule has 2 aliphatic rings. The van der Waals surface area contributed by atoms with E-state index in [0.717, 1.165) is 19.5 Å². The number of carbonyl (C=O) groups excluding carboxylic acids is 1. The summed E-state index contributed by atoms with van der Waals surface area (Å²) in [5, 5.41) is 7.79. The van der Waals surface area contributed by atoms with Crippen LogP contribution in [0.3, 0.4) is 0 Å². The molecule has 3 unspecified atom stereocenters. The minimum Gasteiger partial charge on any atom is -0.317 e. The summed E-state index contributed by atoms with van der Waals surface area (Å²) >= 11 is 1.69. The number of hydrogen-bond donors (Lipinski definition) is 1. The first-order valence-electron chi connectivity index (χ1n) is 7.37. The SMILES string of the molecule is CC(C)C1NC(c2ccsc2)N(C2CCN(C)C2)C1=O. The molecule has 2 fully saturated rings. The van der Waals surface area contributed by atoms with Crippen molar-refractivity contribution in [3.63, 3.8) is 0 Å². The van der Waals surface area contributed by atoms with Crippen LogP contribution < -0.4 is 5.32 Å². The zero-order valence-corrected chi connectivity index (χ0v) is 13.2. The minimum absolute atomic E-state index is 0.0502. The van der Waals surface area contributed by atoms with E-state index < -0.39 is 0 Å². The van der Waals surface area contributed by atoms with Crippen LogP contribution in [0.25, 0.3) is 0 Å². The minimum atomic E-state index is -0.0502. The lowest BCUT2D eigenvalue weighted by Crippen LogP contribution is -2.42. The number of rotatable bonds is 3. The van der Waals surface area contributed by atoms with Crippen molar-refractivity contribution in [1.82, 2.24) is 15.1 Å². The molecule has 1 N–H and O–H groups in total. The predicted octanol–water partition coefficient (Wildman–Crippen LogP) is 1.91. The van der Waals surface area contributed by atoms with E-state index in [0.29, 0.717) is 12.0 Å². The van der Waals surface area contributed by atoms with Crippen molar-refractivity contribution in [1.29, 1.82) is 0 Å². The van der Waals surface area contributed by atoms with Gasteiger partial charge in [-0.1, -0.05) is 13.8 Å². The largest absolute Gasteiger partial charge is 0.317 e. The molecule has 3 atom stereocenters. The number of hydrogen-bond acceptors (Lipinski definition) is 4. The Morgan fingerprint density at radius 3 is 2.80 bits per heavy atom. The molecule has 5 heteroatoms. The second-order valence-corrected chi connectivity index (χ2v) is 7.08. The van der Waals surface area contributed by atoms with Gasteiger partial charge < -0.3 is 9.80 Å². The number of nitrogens with one attached hydrogen (secondary N) is 1. The number of amides is 1. The van der Waals surface area contributed by atoms with Crippen molar-refractivity contribution in [2.75, 3.05) is 20.1 Å². The van der Waals surface area contributed by atoms with Crippen LogP contribution in [0.15, 0.2) is 16.8 Å². The zero-order valence-electron chi connectivity index (χ0n) is 12.4. The van der Waals surface area contributed by atoms with Crippen LogP contribution in [0.5, 0.6) is 0 Å². The highest BCUT2D eigenvalue weighted by Crippen LogP contribution is 2.33. The maximum atomic E-state index is 12.8. The summed E-state index contributed by atoms with van der Waals surface area (Å²) in [6.07, 6.45) is 1.13. The van der Waals surface area contributed by atoms with Crippen LogP contribution >= 0.6 is 11.3 Å². The van der Waals surface area contributed by atoms with Crippen molar-refractivity contribution in [3.05, 3.63) is 22.4 Å². The summed E-state index contributed by atoms with van der Waals surface area (Å²) in [5.74, 6) is 0.601. The van der Waals surface area contributed by atoms with Crippen molar-refractivity contribution in [3.8, 4) is 0 Å². The molecular formula is C15H23N3OS. The molecule has 2 aliphatic heterocycles. The summed E-state index contributed by atoms with van der Waals surface area (Å²) in [7, 11) is 2.13. The molecule has 0 saturated carbocycles. The van der Waals surface area contributed by atoms with Gasteiger partial charge in [0.15, 0.2) is 0 Å². The summed E-state index contributed by atoms with van der Waals surface area (Å²) in [6.45, 7) is 6.30. The van der Waals surface area contributed by atoms with E-state index in [1.807, 2.05) is 0 Å². The molecule has 110 valence electrons. The number of likely N-dealkylation sites (tertiary alicyclic amines) is 1. The summed E-state index contributed by atoms with van der Waals surface area (Å²) in [4.78, 5) is 17.2. The van der Waals surface area contributed by atoms with E-state index in [4.69, 9.17) is 0 Å². The van der Waals surface area contributed by atoms with Gasteiger partial charge in [0.2, 0.25) is 5.91 Å². The number of thiophene rings is 1. The third kappa shape index (κ3) is 2.38. The zero-order chi connectivity index (χ0) is 14.3. The Labute approximate surface area is 124 Å². The van der Waals surface area contributed by atoms with Gasteiger partial charge >= 0.3 is 0 Å². The van der Waals surface area contributed by atoms with Gasteiger partial charge in [-0.15, -0.1) is 0 Å². The first-order valence-corrected chi connectivity index (χ1v) is 8.31. The smallest absolute Gasteiger partial charge is 0.241 e. The molecular weight excluding hydrogens is 270 g/mol. The maximum absolute atomic E-state index is 12.8. The number of likely N-dealkylation sites (N-methyl/N-ethyl adjacent to an activating group) is 1. The van der Waals surface area contributed by atoms with Gasteiger partial charge in [0.1, 0.15) is 6.17 Å². The first kappa shape index (κ1) is 14.0. The molecule has 0 aromatic carbocycles. The quantitative estimate of drug-likeness (QED) is 0.924. The second kappa shape index (κ2) is 5.47. The van der Waals surface area contributed by atoms with E-state index >= 15 is 0 Å².